The normalized spacial score (nSPS) is 19.8. The summed E-state index contributed by atoms with van der Waals surface area (Å²) >= 11 is 0. The van der Waals surface area contributed by atoms with Crippen LogP contribution in [0.4, 0.5) is 5.82 Å². The number of aryl methyl sites for hydroxylation is 1. The smallest absolute Gasteiger partial charge is 0.150 e. The maximum Gasteiger partial charge on any atom is 0.150 e. The minimum atomic E-state index is 0.524. The maximum atomic E-state index is 4.83. The first-order valence-electron chi connectivity index (χ1n) is 7.37. The van der Waals surface area contributed by atoms with E-state index in [9.17, 15) is 0 Å². The largest absolute Gasteiger partial charge is 0.352 e. The zero-order chi connectivity index (χ0) is 14.1. The van der Waals surface area contributed by atoms with Crippen LogP contribution in [0.3, 0.4) is 0 Å². The van der Waals surface area contributed by atoms with Crippen molar-refractivity contribution in [3.63, 3.8) is 0 Å². The first kappa shape index (κ1) is 13.3. The summed E-state index contributed by atoms with van der Waals surface area (Å²) < 4.78 is 0. The standard InChI is InChI=1S/C16H22N4/c1-11(2)15-10-20(9-8-17-15)16-12(3)18-13-6-4-5-7-14(13)19-16/h4-7,11,15,17H,8-10H2,1-3H3/t15-/m1/s1. The Morgan fingerprint density at radius 1 is 1.20 bits per heavy atom. The van der Waals surface area contributed by atoms with Crippen molar-refractivity contribution < 1.29 is 0 Å². The summed E-state index contributed by atoms with van der Waals surface area (Å²) in [6, 6.07) is 8.61. The van der Waals surface area contributed by atoms with Crippen molar-refractivity contribution >= 4 is 16.9 Å². The van der Waals surface area contributed by atoms with Gasteiger partial charge >= 0.3 is 0 Å². The van der Waals surface area contributed by atoms with Crippen LogP contribution in [0.25, 0.3) is 11.0 Å². The van der Waals surface area contributed by atoms with Gasteiger partial charge in [0, 0.05) is 25.7 Å². The molecule has 2 aromatic rings. The Morgan fingerprint density at radius 2 is 1.90 bits per heavy atom. The van der Waals surface area contributed by atoms with Crippen LogP contribution in [-0.2, 0) is 0 Å². The van der Waals surface area contributed by atoms with Gasteiger partial charge in [-0.25, -0.2) is 9.97 Å². The molecular formula is C16H22N4. The molecule has 4 heteroatoms. The van der Waals surface area contributed by atoms with Gasteiger partial charge in [0.1, 0.15) is 0 Å². The Labute approximate surface area is 120 Å². The van der Waals surface area contributed by atoms with Crippen LogP contribution in [0.5, 0.6) is 0 Å². The minimum Gasteiger partial charge on any atom is -0.352 e. The monoisotopic (exact) mass is 270 g/mol. The number of aromatic nitrogens is 2. The third-order valence-electron chi connectivity index (χ3n) is 4.03. The predicted molar refractivity (Wildman–Crippen MR) is 83.1 cm³/mol. The molecule has 1 fully saturated rings. The fraction of sp³-hybridized carbons (Fsp3) is 0.500. The number of rotatable bonds is 2. The molecule has 1 N–H and O–H groups in total. The van der Waals surface area contributed by atoms with Crippen molar-refractivity contribution in [2.24, 2.45) is 5.92 Å². The van der Waals surface area contributed by atoms with Crippen LogP contribution < -0.4 is 10.2 Å². The van der Waals surface area contributed by atoms with Crippen molar-refractivity contribution in [1.29, 1.82) is 0 Å². The van der Waals surface area contributed by atoms with E-state index in [0.29, 0.717) is 12.0 Å². The molecular weight excluding hydrogens is 248 g/mol. The highest BCUT2D eigenvalue weighted by atomic mass is 15.3. The topological polar surface area (TPSA) is 41.1 Å². The van der Waals surface area contributed by atoms with E-state index in [1.807, 2.05) is 24.3 Å². The van der Waals surface area contributed by atoms with Gasteiger partial charge < -0.3 is 10.2 Å². The fourth-order valence-electron chi connectivity index (χ4n) is 2.80. The first-order chi connectivity index (χ1) is 9.65. The minimum absolute atomic E-state index is 0.524. The number of nitrogens with zero attached hydrogens (tertiary/aromatic N) is 3. The molecule has 1 atom stereocenters. The number of fused-ring (bicyclic) bond motifs is 1. The molecule has 1 aliphatic heterocycles. The lowest BCUT2D eigenvalue weighted by atomic mass is 10.0. The van der Waals surface area contributed by atoms with E-state index in [1.165, 1.54) is 0 Å². The summed E-state index contributed by atoms with van der Waals surface area (Å²) in [7, 11) is 0. The molecule has 0 amide bonds. The Bertz CT molecular complexity index is 608. The van der Waals surface area contributed by atoms with Gasteiger partial charge in [0.25, 0.3) is 0 Å². The maximum absolute atomic E-state index is 4.83. The third kappa shape index (κ3) is 2.48. The Hall–Kier alpha value is -1.68. The molecule has 1 saturated heterocycles. The molecule has 0 unspecified atom stereocenters. The van der Waals surface area contributed by atoms with E-state index in [4.69, 9.17) is 9.97 Å². The average Bonchev–Trinajstić information content (AvgIpc) is 2.46. The summed E-state index contributed by atoms with van der Waals surface area (Å²) in [5.74, 6) is 1.67. The second kappa shape index (κ2) is 5.37. The average molecular weight is 270 g/mol. The van der Waals surface area contributed by atoms with E-state index < -0.39 is 0 Å². The van der Waals surface area contributed by atoms with E-state index >= 15 is 0 Å². The highest BCUT2D eigenvalue weighted by Gasteiger charge is 2.24. The van der Waals surface area contributed by atoms with Crippen molar-refractivity contribution in [1.82, 2.24) is 15.3 Å². The summed E-state index contributed by atoms with van der Waals surface area (Å²) in [6.45, 7) is 9.60. The molecule has 1 aromatic carbocycles. The zero-order valence-corrected chi connectivity index (χ0v) is 12.4. The van der Waals surface area contributed by atoms with Crippen molar-refractivity contribution in [3.8, 4) is 0 Å². The highest BCUT2D eigenvalue weighted by molar-refractivity contribution is 5.76. The molecule has 0 aliphatic carbocycles. The van der Waals surface area contributed by atoms with Gasteiger partial charge in [-0.05, 0) is 25.0 Å². The van der Waals surface area contributed by atoms with Crippen molar-refractivity contribution in [2.75, 3.05) is 24.5 Å². The Kier molecular flexibility index (Phi) is 3.57. The lowest BCUT2D eigenvalue weighted by molar-refractivity contribution is 0.367. The molecule has 1 aromatic heterocycles. The first-order valence-corrected chi connectivity index (χ1v) is 7.37. The van der Waals surface area contributed by atoms with Gasteiger partial charge in [0.15, 0.2) is 5.82 Å². The third-order valence-corrected chi connectivity index (χ3v) is 4.03. The van der Waals surface area contributed by atoms with Crippen LogP contribution in [0.15, 0.2) is 24.3 Å². The van der Waals surface area contributed by atoms with Crippen LogP contribution >= 0.6 is 0 Å². The summed E-state index contributed by atoms with van der Waals surface area (Å²) in [5, 5.41) is 3.59. The number of nitrogens with one attached hydrogen (secondary N) is 1. The lowest BCUT2D eigenvalue weighted by Crippen LogP contribution is -2.53. The van der Waals surface area contributed by atoms with Crippen LogP contribution in [-0.4, -0.2) is 35.6 Å². The van der Waals surface area contributed by atoms with E-state index in [2.05, 4.69) is 31.0 Å². The molecule has 4 nitrogen and oxygen atoms in total. The fourth-order valence-corrected chi connectivity index (χ4v) is 2.80. The number of hydrogen-bond acceptors (Lipinski definition) is 4. The van der Waals surface area contributed by atoms with Gasteiger partial charge in [-0.2, -0.15) is 0 Å². The SMILES string of the molecule is Cc1nc2ccccc2nc1N1CCN[C@@H](C(C)C)C1. The van der Waals surface area contributed by atoms with Crippen LogP contribution in [0.1, 0.15) is 19.5 Å². The number of hydrogen-bond donors (Lipinski definition) is 1. The molecule has 0 spiro atoms. The second-order valence-electron chi connectivity index (χ2n) is 5.87. The molecule has 20 heavy (non-hydrogen) atoms. The quantitative estimate of drug-likeness (QED) is 0.909. The van der Waals surface area contributed by atoms with Crippen molar-refractivity contribution in [2.45, 2.75) is 26.8 Å². The number of benzene rings is 1. The summed E-state index contributed by atoms with van der Waals surface area (Å²) in [6.07, 6.45) is 0. The molecule has 0 saturated carbocycles. The number of anilines is 1. The van der Waals surface area contributed by atoms with Crippen LogP contribution in [0.2, 0.25) is 0 Å². The number of piperazine rings is 1. The van der Waals surface area contributed by atoms with Gasteiger partial charge in [0.05, 0.1) is 16.7 Å². The van der Waals surface area contributed by atoms with Gasteiger partial charge in [-0.3, -0.25) is 0 Å². The number of para-hydroxylation sites is 2. The molecule has 106 valence electrons. The van der Waals surface area contributed by atoms with Crippen LogP contribution in [0, 0.1) is 12.8 Å². The molecule has 0 radical (unpaired) electrons. The molecule has 3 rings (SSSR count). The molecule has 1 aliphatic rings. The van der Waals surface area contributed by atoms with E-state index in [1.54, 1.807) is 0 Å². The summed E-state index contributed by atoms with van der Waals surface area (Å²) in [4.78, 5) is 11.9. The summed E-state index contributed by atoms with van der Waals surface area (Å²) in [5.41, 5.74) is 2.98. The van der Waals surface area contributed by atoms with Gasteiger partial charge in [-0.1, -0.05) is 26.0 Å². The Morgan fingerprint density at radius 3 is 2.60 bits per heavy atom. The second-order valence-corrected chi connectivity index (χ2v) is 5.87. The predicted octanol–water partition coefficient (Wildman–Crippen LogP) is 2.37. The van der Waals surface area contributed by atoms with Crippen molar-refractivity contribution in [3.05, 3.63) is 30.0 Å². The lowest BCUT2D eigenvalue weighted by Gasteiger charge is -2.36. The van der Waals surface area contributed by atoms with E-state index in [-0.39, 0.29) is 0 Å². The van der Waals surface area contributed by atoms with Gasteiger partial charge in [0.2, 0.25) is 0 Å². The Balaban J connectivity index is 1.94. The molecule has 2 heterocycles. The zero-order valence-electron chi connectivity index (χ0n) is 12.4. The van der Waals surface area contributed by atoms with E-state index in [0.717, 1.165) is 42.2 Å². The van der Waals surface area contributed by atoms with Gasteiger partial charge in [-0.15, -0.1) is 0 Å². The highest BCUT2D eigenvalue weighted by Crippen LogP contribution is 2.22. The molecule has 0 bridgehead atoms.